The van der Waals surface area contributed by atoms with Crippen molar-refractivity contribution in [3.63, 3.8) is 0 Å². The molecular formula is C10H16O2P2. The fraction of sp³-hybridized carbons (Fsp3) is 0.400. The highest BCUT2D eigenvalue weighted by atomic mass is 32.1. The van der Waals surface area contributed by atoms with E-state index in [4.69, 9.17) is 4.52 Å². The zero-order valence-corrected chi connectivity index (χ0v) is 10.7. The van der Waals surface area contributed by atoms with Crippen molar-refractivity contribution < 1.29 is 9.09 Å². The molecule has 0 aromatic heterocycles. The third-order valence-corrected chi connectivity index (χ3v) is 5.93. The Labute approximate surface area is 87.2 Å². The molecule has 1 aromatic rings. The van der Waals surface area contributed by atoms with Gasteiger partial charge >= 0.3 is 0 Å². The maximum atomic E-state index is 11.6. The summed E-state index contributed by atoms with van der Waals surface area (Å²) in [6.07, 6.45) is 0.907. The largest absolute Gasteiger partial charge is 0.440 e. The molecule has 0 bridgehead atoms. The Kier molecular flexibility index (Phi) is 4.16. The fourth-order valence-electron chi connectivity index (χ4n) is 1.19. The molecule has 4 heteroatoms. The van der Waals surface area contributed by atoms with Gasteiger partial charge in [-0.2, -0.15) is 0 Å². The predicted molar refractivity (Wildman–Crippen MR) is 64.0 cm³/mol. The Morgan fingerprint density at radius 2 is 2.00 bits per heavy atom. The van der Waals surface area contributed by atoms with E-state index in [0.717, 1.165) is 11.9 Å². The first kappa shape index (κ1) is 11.8. The Hall–Kier alpha value is -0.320. The number of benzene rings is 1. The van der Waals surface area contributed by atoms with Gasteiger partial charge in [-0.15, -0.1) is 0 Å². The van der Waals surface area contributed by atoms with Crippen molar-refractivity contribution in [3.05, 3.63) is 29.8 Å². The van der Waals surface area contributed by atoms with Crippen LogP contribution < -0.4 is 4.52 Å². The smallest absolute Gasteiger partial charge is 0.261 e. The summed E-state index contributed by atoms with van der Waals surface area (Å²) in [6.45, 7) is 5.71. The van der Waals surface area contributed by atoms with E-state index in [-0.39, 0.29) is 0 Å². The van der Waals surface area contributed by atoms with Gasteiger partial charge in [0.15, 0.2) is 0 Å². The Balaban J connectivity index is 0.000000461. The number of para-hydroxylation sites is 1. The van der Waals surface area contributed by atoms with Crippen molar-refractivity contribution in [1.82, 2.24) is 0 Å². The summed E-state index contributed by atoms with van der Waals surface area (Å²) in [5, 5.41) is 0. The number of fused-ring (bicyclic) bond motifs is 1. The average Bonchev–Trinajstić information content (AvgIpc) is 2.19. The highest BCUT2D eigenvalue weighted by Crippen LogP contribution is 2.65. The summed E-state index contributed by atoms with van der Waals surface area (Å²) >= 11 is 0. The Bertz CT molecular complexity index is 350. The van der Waals surface area contributed by atoms with E-state index in [2.05, 4.69) is 0 Å². The monoisotopic (exact) mass is 230 g/mol. The topological polar surface area (TPSA) is 26.3 Å². The lowest BCUT2D eigenvalue weighted by atomic mass is 10.2. The molecule has 0 aliphatic carbocycles. The summed E-state index contributed by atoms with van der Waals surface area (Å²) in [5.41, 5.74) is 1.18. The molecule has 0 spiro atoms. The minimum absolute atomic E-state index is 0.429. The Morgan fingerprint density at radius 1 is 1.36 bits per heavy atom. The molecule has 1 aliphatic rings. The first-order valence-electron chi connectivity index (χ1n) is 4.77. The van der Waals surface area contributed by atoms with Crippen LogP contribution in [-0.4, -0.2) is 6.66 Å². The number of hydrogen-bond acceptors (Lipinski definition) is 2. The predicted octanol–water partition coefficient (Wildman–Crippen LogP) is 4.11. The van der Waals surface area contributed by atoms with Crippen molar-refractivity contribution in [3.8, 4) is 5.75 Å². The van der Waals surface area contributed by atoms with Crippen LogP contribution in [0.1, 0.15) is 19.4 Å². The lowest BCUT2D eigenvalue weighted by molar-refractivity contribution is 0.500. The maximum Gasteiger partial charge on any atom is 0.261 e. The second-order valence-corrected chi connectivity index (χ2v) is 8.81. The van der Waals surface area contributed by atoms with Crippen LogP contribution in [0.5, 0.6) is 5.75 Å². The van der Waals surface area contributed by atoms with E-state index in [1.165, 1.54) is 5.56 Å². The summed E-state index contributed by atoms with van der Waals surface area (Å²) in [5.74, 6) is 0.807. The molecule has 0 N–H and O–H groups in total. The van der Waals surface area contributed by atoms with Gasteiger partial charge in [0.05, 0.1) is 0 Å². The van der Waals surface area contributed by atoms with E-state index in [1.807, 2.05) is 38.1 Å². The van der Waals surface area contributed by atoms with E-state index < -0.39 is 7.06 Å². The second kappa shape index (κ2) is 4.96. The van der Waals surface area contributed by atoms with Crippen molar-refractivity contribution in [2.45, 2.75) is 20.0 Å². The Morgan fingerprint density at radius 3 is 2.71 bits per heavy atom. The average molecular weight is 230 g/mol. The van der Waals surface area contributed by atoms with Crippen molar-refractivity contribution in [2.75, 3.05) is 6.66 Å². The van der Waals surface area contributed by atoms with Gasteiger partial charge in [-0.25, -0.2) is 0 Å². The van der Waals surface area contributed by atoms with Gasteiger partial charge in [-0.3, -0.25) is 4.57 Å². The van der Waals surface area contributed by atoms with Gasteiger partial charge in [0.1, 0.15) is 5.75 Å². The third-order valence-electron chi connectivity index (χ3n) is 1.80. The quantitative estimate of drug-likeness (QED) is 0.627. The summed E-state index contributed by atoms with van der Waals surface area (Å²) in [6, 6.07) is 7.81. The molecule has 0 saturated heterocycles. The molecule has 1 aliphatic heterocycles. The normalized spacial score (nSPS) is 25.6. The minimum atomic E-state index is -2.29. The fourth-order valence-corrected chi connectivity index (χ4v) is 4.42. The minimum Gasteiger partial charge on any atom is -0.440 e. The van der Waals surface area contributed by atoms with Gasteiger partial charge in [0, 0.05) is 12.8 Å². The van der Waals surface area contributed by atoms with Crippen LogP contribution in [0.4, 0.5) is 0 Å². The van der Waals surface area contributed by atoms with E-state index in [0.29, 0.717) is 8.27 Å². The van der Waals surface area contributed by atoms with E-state index in [9.17, 15) is 4.57 Å². The lowest BCUT2D eigenvalue weighted by Crippen LogP contribution is -1.96. The van der Waals surface area contributed by atoms with Gasteiger partial charge in [-0.05, 0) is 19.9 Å². The standard InChI is InChI=1S/C8H10O2P2.C2H6/c1-12(9)10-8-5-3-2-4-7(8)6-11-12;1-2/h2-5,11H,6H2,1H3;1-2H3. The first-order chi connectivity index (χ1) is 6.67. The molecule has 0 amide bonds. The molecule has 2 atom stereocenters. The third kappa shape index (κ3) is 2.83. The van der Waals surface area contributed by atoms with Crippen LogP contribution in [-0.2, 0) is 10.7 Å². The zero-order chi connectivity index (χ0) is 10.6. The van der Waals surface area contributed by atoms with Crippen LogP contribution in [0.15, 0.2) is 24.3 Å². The van der Waals surface area contributed by atoms with Crippen molar-refractivity contribution in [2.24, 2.45) is 0 Å². The van der Waals surface area contributed by atoms with Crippen LogP contribution in [0.25, 0.3) is 0 Å². The van der Waals surface area contributed by atoms with Crippen LogP contribution >= 0.6 is 15.3 Å². The summed E-state index contributed by atoms with van der Waals surface area (Å²) in [7, 11) is -1.86. The molecule has 78 valence electrons. The molecular weight excluding hydrogens is 214 g/mol. The van der Waals surface area contributed by atoms with E-state index in [1.54, 1.807) is 6.66 Å². The van der Waals surface area contributed by atoms with Crippen LogP contribution in [0.2, 0.25) is 0 Å². The highest BCUT2D eigenvalue weighted by Gasteiger charge is 2.24. The molecule has 0 radical (unpaired) electrons. The van der Waals surface area contributed by atoms with Gasteiger partial charge in [-0.1, -0.05) is 32.0 Å². The SMILES string of the molecule is CC.CP1(=O)Oc2ccccc2CP1. The molecule has 0 fully saturated rings. The maximum absolute atomic E-state index is 11.6. The molecule has 1 aromatic carbocycles. The first-order valence-corrected chi connectivity index (χ1v) is 8.90. The van der Waals surface area contributed by atoms with Gasteiger partial charge in [0.2, 0.25) is 0 Å². The zero-order valence-electron chi connectivity index (χ0n) is 8.78. The molecule has 14 heavy (non-hydrogen) atoms. The molecule has 2 rings (SSSR count). The lowest BCUT2D eigenvalue weighted by Gasteiger charge is -2.22. The molecule has 0 saturated carbocycles. The second-order valence-electron chi connectivity index (χ2n) is 2.88. The van der Waals surface area contributed by atoms with Gasteiger partial charge in [0.25, 0.3) is 7.06 Å². The molecule has 2 nitrogen and oxygen atoms in total. The summed E-state index contributed by atoms with van der Waals surface area (Å²) in [4.78, 5) is 0. The summed E-state index contributed by atoms with van der Waals surface area (Å²) < 4.78 is 17.0. The molecule has 1 heterocycles. The van der Waals surface area contributed by atoms with E-state index >= 15 is 0 Å². The van der Waals surface area contributed by atoms with Crippen LogP contribution in [0, 0.1) is 0 Å². The molecule has 2 unspecified atom stereocenters. The number of hydrogen-bond donors (Lipinski definition) is 0. The highest BCUT2D eigenvalue weighted by molar-refractivity contribution is 8.22. The number of rotatable bonds is 0. The van der Waals surface area contributed by atoms with Crippen molar-refractivity contribution >= 4 is 15.3 Å². The van der Waals surface area contributed by atoms with Crippen LogP contribution in [0.3, 0.4) is 0 Å². The van der Waals surface area contributed by atoms with Crippen molar-refractivity contribution in [1.29, 1.82) is 0 Å². The van der Waals surface area contributed by atoms with Gasteiger partial charge < -0.3 is 4.52 Å².